The van der Waals surface area contributed by atoms with E-state index in [-0.39, 0.29) is 0 Å². The predicted molar refractivity (Wildman–Crippen MR) is 63.0 cm³/mol. The molecule has 0 unspecified atom stereocenters. The zero-order valence-corrected chi connectivity index (χ0v) is 9.95. The second-order valence-electron chi connectivity index (χ2n) is 3.82. The summed E-state index contributed by atoms with van der Waals surface area (Å²) in [6, 6.07) is 2.38. The van der Waals surface area contributed by atoms with E-state index in [4.69, 9.17) is 0 Å². The fourth-order valence-electron chi connectivity index (χ4n) is 1.72. The first-order valence-corrected chi connectivity index (χ1v) is 6.23. The van der Waals surface area contributed by atoms with Gasteiger partial charge in [-0.15, -0.1) is 0 Å². The van der Waals surface area contributed by atoms with Crippen molar-refractivity contribution in [2.45, 2.75) is 52.9 Å². The molecule has 1 rings (SSSR count). The van der Waals surface area contributed by atoms with E-state index in [1.807, 2.05) is 0 Å². The zero-order valence-electron chi connectivity index (χ0n) is 9.06. The molecule has 0 saturated heterocycles. The van der Waals surface area contributed by atoms with E-state index < -0.39 is 0 Å². The van der Waals surface area contributed by atoms with Crippen LogP contribution in [0, 0.1) is 13.8 Å². The zero-order chi connectivity index (χ0) is 9.68. The number of hydrogen-bond acceptors (Lipinski definition) is 0. The molecule has 0 saturated carbocycles. The average molecular weight is 197 g/mol. The summed E-state index contributed by atoms with van der Waals surface area (Å²) >= 11 is 1.46. The van der Waals surface area contributed by atoms with Crippen molar-refractivity contribution in [3.63, 3.8) is 0 Å². The molecule has 0 aliphatic heterocycles. The van der Waals surface area contributed by atoms with Crippen LogP contribution >= 0.6 is 11.3 Å². The van der Waals surface area contributed by atoms with Crippen LogP contribution < -0.4 is 0 Å². The van der Waals surface area contributed by atoms with Crippen molar-refractivity contribution in [1.82, 2.24) is 0 Å². The Morgan fingerprint density at radius 1 is 1.15 bits per heavy atom. The van der Waals surface area contributed by atoms with Gasteiger partial charge >= 0.3 is 0 Å². The summed E-state index contributed by atoms with van der Waals surface area (Å²) in [7, 11) is 0. The lowest BCUT2D eigenvalue weighted by atomic mass is 10.1. The fourth-order valence-corrected chi connectivity index (χ4v) is 2.79. The first kappa shape index (κ1) is 10.8. The molecule has 0 nitrogen and oxygen atoms in total. The average Bonchev–Trinajstić information content (AvgIpc) is 2.39. The molecule has 0 fully saturated rings. The van der Waals surface area contributed by atoms with Gasteiger partial charge in [-0.2, -0.15) is 0 Å². The minimum absolute atomic E-state index is 1.30. The largest absolute Gasteiger partial charge is 0.148 e. The Morgan fingerprint density at radius 2 is 1.92 bits per heavy atom. The van der Waals surface area contributed by atoms with E-state index >= 15 is 0 Å². The Bertz CT molecular complexity index is 248. The van der Waals surface area contributed by atoms with Gasteiger partial charge in [0.1, 0.15) is 9.75 Å². The predicted octanol–water partition coefficient (Wildman–Crippen LogP) is 4.22. The first-order valence-electron chi connectivity index (χ1n) is 5.34. The van der Waals surface area contributed by atoms with Gasteiger partial charge in [-0.25, -0.2) is 0 Å². The van der Waals surface area contributed by atoms with Crippen LogP contribution in [0.4, 0.5) is 0 Å². The highest BCUT2D eigenvalue weighted by molar-refractivity contribution is 7.12. The monoisotopic (exact) mass is 197 g/mol. The molecular formula is C12H21S+. The van der Waals surface area contributed by atoms with Crippen LogP contribution in [0.3, 0.4) is 0 Å². The maximum absolute atomic E-state index is 2.38. The van der Waals surface area contributed by atoms with Crippen LogP contribution in [0.2, 0.25) is 0 Å². The van der Waals surface area contributed by atoms with Gasteiger partial charge in [-0.1, -0.05) is 26.2 Å². The molecule has 1 heterocycles. The smallest absolute Gasteiger partial charge is 0.0654 e. The molecule has 0 bridgehead atoms. The van der Waals surface area contributed by atoms with Gasteiger partial charge in [0.05, 0.1) is 0 Å². The summed E-state index contributed by atoms with van der Waals surface area (Å²) in [6.45, 7) is 6.76. The Hall–Kier alpha value is -0.300. The summed E-state index contributed by atoms with van der Waals surface area (Å²) in [4.78, 5) is 3.09. The number of rotatable bonds is 5. The summed E-state index contributed by atoms with van der Waals surface area (Å²) in [5, 5.41) is 0. The van der Waals surface area contributed by atoms with Gasteiger partial charge in [0.15, 0.2) is 0 Å². The van der Waals surface area contributed by atoms with Gasteiger partial charge < -0.3 is 0 Å². The lowest BCUT2D eigenvalue weighted by Crippen LogP contribution is -1.84. The van der Waals surface area contributed by atoms with Crippen molar-refractivity contribution in [2.75, 3.05) is 0 Å². The van der Waals surface area contributed by atoms with Gasteiger partial charge in [-0.05, 0) is 24.2 Å². The highest BCUT2D eigenvalue weighted by Crippen LogP contribution is 2.22. The third-order valence-corrected chi connectivity index (χ3v) is 3.60. The van der Waals surface area contributed by atoms with Crippen LogP contribution in [-0.4, -0.2) is 0 Å². The van der Waals surface area contributed by atoms with Crippen molar-refractivity contribution >= 4 is 11.3 Å². The Labute approximate surface area is 86.0 Å². The number of thiophene rings is 1. The lowest BCUT2D eigenvalue weighted by Gasteiger charge is -1.96. The van der Waals surface area contributed by atoms with Crippen LogP contribution in [0.1, 0.15) is 47.9 Å². The minimum atomic E-state index is 1.30. The molecule has 0 aliphatic carbocycles. The van der Waals surface area contributed by atoms with E-state index in [2.05, 4.69) is 26.8 Å². The van der Waals surface area contributed by atoms with Gasteiger partial charge in [0, 0.05) is 25.5 Å². The van der Waals surface area contributed by atoms with Crippen LogP contribution in [0.5, 0.6) is 0 Å². The maximum atomic E-state index is 2.38. The Balaban J connectivity index is 2.32. The Kier molecular flexibility index (Phi) is 4.51. The van der Waals surface area contributed by atoms with E-state index in [0.717, 1.165) is 0 Å². The topological polar surface area (TPSA) is 0 Å². The molecule has 1 aromatic heterocycles. The second-order valence-corrected chi connectivity index (χ2v) is 5.42. The molecule has 0 radical (unpaired) electrons. The highest BCUT2D eigenvalue weighted by Gasteiger charge is 2.08. The van der Waals surface area contributed by atoms with Crippen LogP contribution in [0.25, 0.3) is 0 Å². The van der Waals surface area contributed by atoms with Crippen molar-refractivity contribution in [2.24, 2.45) is 0 Å². The molecule has 0 spiro atoms. The molecule has 0 amide bonds. The summed E-state index contributed by atoms with van der Waals surface area (Å²) in [6.07, 6.45) is 6.81. The quantitative estimate of drug-likeness (QED) is 0.490. The molecule has 0 N–H and O–H groups in total. The summed E-state index contributed by atoms with van der Waals surface area (Å²) in [5.41, 5.74) is 1.61. The van der Waals surface area contributed by atoms with Crippen LogP contribution in [0.15, 0.2) is 6.07 Å². The van der Waals surface area contributed by atoms with Crippen molar-refractivity contribution < 1.29 is 0 Å². The SMILES string of the molecule is CCCCCCc1cc(C)[sH+]c1C. The molecule has 1 heteroatoms. The van der Waals surface area contributed by atoms with Crippen LogP contribution in [-0.2, 0) is 6.42 Å². The number of aryl methyl sites for hydroxylation is 3. The van der Waals surface area contributed by atoms with Gasteiger partial charge in [0.25, 0.3) is 0 Å². The number of unbranched alkanes of at least 4 members (excludes halogenated alkanes) is 3. The summed E-state index contributed by atoms with van der Waals surface area (Å²) < 4.78 is 0. The molecule has 0 atom stereocenters. The normalized spacial score (nSPS) is 10.7. The van der Waals surface area contributed by atoms with E-state index in [1.165, 1.54) is 48.3 Å². The third kappa shape index (κ3) is 3.51. The summed E-state index contributed by atoms with van der Waals surface area (Å²) in [5.74, 6) is 0. The standard InChI is InChI=1S/C12H20S/c1-4-5-6-7-8-12-9-10(2)13-11(12)3/h9H,4-8H2,1-3H3/p+1. The highest BCUT2D eigenvalue weighted by atomic mass is 32.1. The van der Waals surface area contributed by atoms with Crippen molar-refractivity contribution in [3.05, 3.63) is 21.4 Å². The van der Waals surface area contributed by atoms with E-state index in [0.29, 0.717) is 0 Å². The molecular weight excluding hydrogens is 176 g/mol. The first-order chi connectivity index (χ1) is 6.24. The molecule has 74 valence electrons. The van der Waals surface area contributed by atoms with E-state index in [9.17, 15) is 0 Å². The molecule has 13 heavy (non-hydrogen) atoms. The Morgan fingerprint density at radius 3 is 2.46 bits per heavy atom. The minimum Gasteiger partial charge on any atom is -0.0654 e. The molecule has 0 aliphatic rings. The third-order valence-electron chi connectivity index (χ3n) is 2.49. The van der Waals surface area contributed by atoms with Gasteiger partial charge in [0.2, 0.25) is 0 Å². The lowest BCUT2D eigenvalue weighted by molar-refractivity contribution is 0.666. The van der Waals surface area contributed by atoms with E-state index in [1.54, 1.807) is 10.4 Å². The van der Waals surface area contributed by atoms with Crippen molar-refractivity contribution in [1.29, 1.82) is 0 Å². The molecule has 1 aromatic rings. The second kappa shape index (κ2) is 5.43. The van der Waals surface area contributed by atoms with Gasteiger partial charge in [-0.3, -0.25) is 0 Å². The molecule has 0 aromatic carbocycles. The number of hydrogen-bond donors (Lipinski definition) is 0. The maximum Gasteiger partial charge on any atom is 0.148 e. The van der Waals surface area contributed by atoms with Crippen molar-refractivity contribution in [3.8, 4) is 0 Å². The fraction of sp³-hybridized carbons (Fsp3) is 0.667.